The molecule has 1 saturated carbocycles. The Balaban J connectivity index is 1.59. The average Bonchev–Trinajstić information content (AvgIpc) is 3.57. The van der Waals surface area contributed by atoms with Crippen LogP contribution in [0, 0.1) is 5.92 Å². The van der Waals surface area contributed by atoms with Gasteiger partial charge in [0.05, 0.1) is 16.8 Å². The van der Waals surface area contributed by atoms with Crippen molar-refractivity contribution in [2.45, 2.75) is 25.8 Å². The highest BCUT2D eigenvalue weighted by molar-refractivity contribution is 6.33. The molecule has 2 aromatic carbocycles. The molecule has 1 fully saturated rings. The number of benzene rings is 2. The van der Waals surface area contributed by atoms with Crippen molar-refractivity contribution in [2.75, 3.05) is 6.61 Å². The van der Waals surface area contributed by atoms with Crippen LogP contribution in [0.5, 0.6) is 0 Å². The van der Waals surface area contributed by atoms with E-state index < -0.39 is 5.97 Å². The molecule has 0 aliphatic heterocycles. The second kappa shape index (κ2) is 8.21. The lowest BCUT2D eigenvalue weighted by Crippen LogP contribution is -2.37. The minimum absolute atomic E-state index is 0.106. The summed E-state index contributed by atoms with van der Waals surface area (Å²) in [6.07, 6.45) is 2.27. The van der Waals surface area contributed by atoms with E-state index in [0.29, 0.717) is 33.1 Å². The molecule has 148 valence electrons. The number of nitrogens with zero attached hydrogens (tertiary/aromatic N) is 1. The first-order valence-corrected chi connectivity index (χ1v) is 10.0. The zero-order chi connectivity index (χ0) is 20.4. The van der Waals surface area contributed by atoms with Gasteiger partial charge in [-0.25, -0.2) is 9.78 Å². The third-order valence-electron chi connectivity index (χ3n) is 5.14. The average molecular weight is 409 g/mol. The van der Waals surface area contributed by atoms with Gasteiger partial charge in [-0.1, -0.05) is 48.0 Å². The van der Waals surface area contributed by atoms with Crippen molar-refractivity contribution in [3.05, 3.63) is 65.2 Å². The maximum absolute atomic E-state index is 12.8. The van der Waals surface area contributed by atoms with Crippen LogP contribution in [-0.4, -0.2) is 29.5 Å². The Morgan fingerprint density at radius 1 is 1.17 bits per heavy atom. The number of fused-ring (bicyclic) bond motifs is 1. The van der Waals surface area contributed by atoms with Crippen molar-refractivity contribution in [3.8, 4) is 11.3 Å². The standard InChI is InChI=1S/C23H21ClN2O3/c1-14(15-10-11-15)25-22(27)13-29-23(28)18-12-21(17-7-2-4-8-19(17)24)26-20-9-5-3-6-16(18)20/h2-9,12,14-15H,10-11,13H2,1H3,(H,25,27)/t14-/m0/s1. The predicted octanol–water partition coefficient (Wildman–Crippen LogP) is 4.63. The maximum Gasteiger partial charge on any atom is 0.339 e. The van der Waals surface area contributed by atoms with Crippen LogP contribution in [0.4, 0.5) is 0 Å². The number of carbonyl (C=O) groups excluding carboxylic acids is 2. The molecule has 0 bridgehead atoms. The highest BCUT2D eigenvalue weighted by atomic mass is 35.5. The molecule has 1 aromatic heterocycles. The molecule has 1 heterocycles. The number of ether oxygens (including phenoxy) is 1. The number of aromatic nitrogens is 1. The molecule has 1 atom stereocenters. The van der Waals surface area contributed by atoms with Gasteiger partial charge >= 0.3 is 5.97 Å². The fourth-order valence-corrected chi connectivity index (χ4v) is 3.60. The highest BCUT2D eigenvalue weighted by Crippen LogP contribution is 2.32. The van der Waals surface area contributed by atoms with Crippen LogP contribution in [0.15, 0.2) is 54.6 Å². The maximum atomic E-state index is 12.8. The third kappa shape index (κ3) is 4.40. The largest absolute Gasteiger partial charge is 0.452 e. The number of hydrogen-bond acceptors (Lipinski definition) is 4. The lowest BCUT2D eigenvalue weighted by Gasteiger charge is -2.13. The van der Waals surface area contributed by atoms with Crippen LogP contribution in [0.2, 0.25) is 5.02 Å². The lowest BCUT2D eigenvalue weighted by atomic mass is 10.0. The molecule has 1 aliphatic rings. The van der Waals surface area contributed by atoms with E-state index in [9.17, 15) is 9.59 Å². The molecule has 0 spiro atoms. The topological polar surface area (TPSA) is 68.3 Å². The molecule has 0 radical (unpaired) electrons. The number of carbonyl (C=O) groups is 2. The smallest absolute Gasteiger partial charge is 0.339 e. The first kappa shape index (κ1) is 19.4. The van der Waals surface area contributed by atoms with E-state index >= 15 is 0 Å². The van der Waals surface area contributed by atoms with E-state index in [0.717, 1.165) is 18.4 Å². The summed E-state index contributed by atoms with van der Waals surface area (Å²) in [6.45, 7) is 1.66. The van der Waals surface area contributed by atoms with E-state index in [1.54, 1.807) is 12.1 Å². The van der Waals surface area contributed by atoms with Gasteiger partial charge in [-0.05, 0) is 43.9 Å². The second-order valence-electron chi connectivity index (χ2n) is 7.32. The van der Waals surface area contributed by atoms with Crippen LogP contribution in [0.25, 0.3) is 22.2 Å². The van der Waals surface area contributed by atoms with Crippen LogP contribution >= 0.6 is 11.6 Å². The molecule has 0 unspecified atom stereocenters. The van der Waals surface area contributed by atoms with E-state index in [1.165, 1.54) is 0 Å². The molecule has 3 aromatic rings. The Labute approximate surface area is 174 Å². The summed E-state index contributed by atoms with van der Waals surface area (Å²) < 4.78 is 5.31. The van der Waals surface area contributed by atoms with Gasteiger partial charge in [-0.3, -0.25) is 4.79 Å². The monoisotopic (exact) mass is 408 g/mol. The van der Waals surface area contributed by atoms with Crippen LogP contribution < -0.4 is 5.32 Å². The van der Waals surface area contributed by atoms with Gasteiger partial charge < -0.3 is 10.1 Å². The summed E-state index contributed by atoms with van der Waals surface area (Å²) in [5.41, 5.74) is 2.32. The molecule has 6 heteroatoms. The number of amides is 1. The first-order chi connectivity index (χ1) is 14.0. The van der Waals surface area contributed by atoms with Crippen LogP contribution in [-0.2, 0) is 9.53 Å². The summed E-state index contributed by atoms with van der Waals surface area (Å²) in [5.74, 6) is -0.314. The summed E-state index contributed by atoms with van der Waals surface area (Å²) >= 11 is 6.31. The fraction of sp³-hybridized carbons (Fsp3) is 0.261. The Morgan fingerprint density at radius 2 is 1.90 bits per heavy atom. The minimum atomic E-state index is -0.564. The molecule has 1 N–H and O–H groups in total. The second-order valence-corrected chi connectivity index (χ2v) is 7.73. The summed E-state index contributed by atoms with van der Waals surface area (Å²) in [5, 5.41) is 4.10. The van der Waals surface area contributed by atoms with Crippen molar-refractivity contribution >= 4 is 34.4 Å². The van der Waals surface area contributed by atoms with E-state index in [-0.39, 0.29) is 18.6 Å². The number of halogens is 1. The third-order valence-corrected chi connectivity index (χ3v) is 5.47. The van der Waals surface area contributed by atoms with Gasteiger partial charge in [0.25, 0.3) is 5.91 Å². The number of pyridine rings is 1. The number of hydrogen-bond donors (Lipinski definition) is 1. The van der Waals surface area contributed by atoms with E-state index in [2.05, 4.69) is 10.3 Å². The van der Waals surface area contributed by atoms with E-state index in [4.69, 9.17) is 16.3 Å². The Kier molecular flexibility index (Phi) is 5.49. The van der Waals surface area contributed by atoms with Crippen molar-refractivity contribution < 1.29 is 14.3 Å². The first-order valence-electron chi connectivity index (χ1n) is 9.64. The zero-order valence-electron chi connectivity index (χ0n) is 16.0. The zero-order valence-corrected chi connectivity index (χ0v) is 16.8. The molecule has 5 nitrogen and oxygen atoms in total. The molecule has 29 heavy (non-hydrogen) atoms. The van der Waals surface area contributed by atoms with Gasteiger partial charge in [0.2, 0.25) is 0 Å². The van der Waals surface area contributed by atoms with Crippen molar-refractivity contribution in [1.82, 2.24) is 10.3 Å². The normalized spacial score (nSPS) is 14.4. The molecule has 0 saturated heterocycles. The van der Waals surface area contributed by atoms with Gasteiger partial charge in [-0.15, -0.1) is 0 Å². The fourth-order valence-electron chi connectivity index (χ4n) is 3.37. The quantitative estimate of drug-likeness (QED) is 0.604. The predicted molar refractivity (Wildman–Crippen MR) is 113 cm³/mol. The summed E-state index contributed by atoms with van der Waals surface area (Å²) in [7, 11) is 0. The number of esters is 1. The summed E-state index contributed by atoms with van der Waals surface area (Å²) in [4.78, 5) is 29.5. The Morgan fingerprint density at radius 3 is 2.66 bits per heavy atom. The van der Waals surface area contributed by atoms with Crippen molar-refractivity contribution in [3.63, 3.8) is 0 Å². The molecule has 4 rings (SSSR count). The van der Waals surface area contributed by atoms with Gasteiger partial charge in [0, 0.05) is 22.0 Å². The number of rotatable bonds is 6. The van der Waals surface area contributed by atoms with Gasteiger partial charge in [0.1, 0.15) is 0 Å². The molecular weight excluding hydrogens is 388 g/mol. The van der Waals surface area contributed by atoms with Crippen molar-refractivity contribution in [2.24, 2.45) is 5.92 Å². The SMILES string of the molecule is C[C@H](NC(=O)COC(=O)c1cc(-c2ccccc2Cl)nc2ccccc12)C1CC1. The number of nitrogens with one attached hydrogen (secondary N) is 1. The Hall–Kier alpha value is -2.92. The summed E-state index contributed by atoms with van der Waals surface area (Å²) in [6, 6.07) is 16.4. The lowest BCUT2D eigenvalue weighted by molar-refractivity contribution is -0.124. The molecule has 1 aliphatic carbocycles. The van der Waals surface area contributed by atoms with Crippen LogP contribution in [0.3, 0.4) is 0 Å². The highest BCUT2D eigenvalue weighted by Gasteiger charge is 2.29. The Bertz CT molecular complexity index is 1080. The molecular formula is C23H21ClN2O3. The molecule has 1 amide bonds. The van der Waals surface area contributed by atoms with Crippen molar-refractivity contribution in [1.29, 1.82) is 0 Å². The van der Waals surface area contributed by atoms with Gasteiger partial charge in [-0.2, -0.15) is 0 Å². The minimum Gasteiger partial charge on any atom is -0.452 e. The number of para-hydroxylation sites is 1. The van der Waals surface area contributed by atoms with Gasteiger partial charge in [0.15, 0.2) is 6.61 Å². The van der Waals surface area contributed by atoms with E-state index in [1.807, 2.05) is 49.4 Å². The van der Waals surface area contributed by atoms with Crippen LogP contribution in [0.1, 0.15) is 30.1 Å².